The number of likely N-dealkylation sites (N-methyl/N-ethyl adjacent to an activating group) is 1. The molecule has 23 heavy (non-hydrogen) atoms. The van der Waals surface area contributed by atoms with Gasteiger partial charge in [-0.3, -0.25) is 9.20 Å². The summed E-state index contributed by atoms with van der Waals surface area (Å²) in [5, 5.41) is 6.05. The minimum Gasteiger partial charge on any atom is -0.301 e. The maximum Gasteiger partial charge on any atom is 0.254 e. The van der Waals surface area contributed by atoms with Gasteiger partial charge < -0.3 is 4.90 Å². The SMILES string of the molecule is CN(C)CC(=O)NN=Cc1c(-c2ccccc2)nc2sccn12. The van der Waals surface area contributed by atoms with Crippen molar-refractivity contribution >= 4 is 28.4 Å². The summed E-state index contributed by atoms with van der Waals surface area (Å²) in [6, 6.07) is 9.94. The van der Waals surface area contributed by atoms with E-state index in [0.29, 0.717) is 6.54 Å². The van der Waals surface area contributed by atoms with Crippen LogP contribution in [0.2, 0.25) is 0 Å². The maximum absolute atomic E-state index is 11.7. The summed E-state index contributed by atoms with van der Waals surface area (Å²) >= 11 is 1.56. The Morgan fingerprint density at radius 1 is 1.39 bits per heavy atom. The van der Waals surface area contributed by atoms with E-state index in [2.05, 4.69) is 15.5 Å². The highest BCUT2D eigenvalue weighted by Crippen LogP contribution is 2.25. The van der Waals surface area contributed by atoms with Gasteiger partial charge in [0.2, 0.25) is 0 Å². The third-order valence-electron chi connectivity index (χ3n) is 3.18. The molecule has 6 nitrogen and oxygen atoms in total. The summed E-state index contributed by atoms with van der Waals surface area (Å²) in [5.74, 6) is -0.154. The van der Waals surface area contributed by atoms with Gasteiger partial charge in [0, 0.05) is 17.1 Å². The molecule has 1 amide bonds. The number of amides is 1. The fraction of sp³-hybridized carbons (Fsp3) is 0.188. The van der Waals surface area contributed by atoms with Crippen LogP contribution < -0.4 is 5.43 Å². The second-order valence-corrected chi connectivity index (χ2v) is 6.17. The number of rotatable bonds is 5. The molecule has 7 heteroatoms. The summed E-state index contributed by atoms with van der Waals surface area (Å²) in [7, 11) is 3.67. The molecule has 118 valence electrons. The average Bonchev–Trinajstić information content (AvgIpc) is 3.09. The quantitative estimate of drug-likeness (QED) is 0.576. The van der Waals surface area contributed by atoms with Crippen LogP contribution in [0.4, 0.5) is 0 Å². The summed E-state index contributed by atoms with van der Waals surface area (Å²) < 4.78 is 1.97. The molecule has 0 radical (unpaired) electrons. The standard InChI is InChI=1S/C16H17N5OS/c1-20(2)11-14(22)19-17-10-13-15(12-6-4-3-5-7-12)18-16-21(13)8-9-23-16/h3-10H,11H2,1-2H3,(H,19,22). The van der Waals surface area contributed by atoms with Gasteiger partial charge in [-0.25, -0.2) is 10.4 Å². The zero-order chi connectivity index (χ0) is 16.2. The largest absolute Gasteiger partial charge is 0.301 e. The Labute approximate surface area is 138 Å². The van der Waals surface area contributed by atoms with Crippen molar-refractivity contribution in [1.29, 1.82) is 0 Å². The molecule has 0 spiro atoms. The van der Waals surface area contributed by atoms with E-state index >= 15 is 0 Å². The van der Waals surface area contributed by atoms with Gasteiger partial charge in [-0.2, -0.15) is 5.10 Å². The van der Waals surface area contributed by atoms with Crippen molar-refractivity contribution in [3.63, 3.8) is 0 Å². The van der Waals surface area contributed by atoms with Crippen molar-refractivity contribution in [2.24, 2.45) is 5.10 Å². The number of thiazole rings is 1. The summed E-state index contributed by atoms with van der Waals surface area (Å²) in [4.78, 5) is 19.0. The van der Waals surface area contributed by atoms with Crippen molar-refractivity contribution < 1.29 is 4.79 Å². The first-order valence-electron chi connectivity index (χ1n) is 7.13. The average molecular weight is 327 g/mol. The van der Waals surface area contributed by atoms with Crippen molar-refractivity contribution in [2.75, 3.05) is 20.6 Å². The molecule has 3 rings (SSSR count). The number of nitrogens with zero attached hydrogens (tertiary/aromatic N) is 4. The van der Waals surface area contributed by atoms with Crippen molar-refractivity contribution in [3.8, 4) is 11.3 Å². The molecule has 0 aliphatic heterocycles. The Hall–Kier alpha value is -2.51. The van der Waals surface area contributed by atoms with E-state index in [1.165, 1.54) is 0 Å². The van der Waals surface area contributed by atoms with Crippen LogP contribution in [0.5, 0.6) is 0 Å². The van der Waals surface area contributed by atoms with Crippen LogP contribution in [0.25, 0.3) is 16.2 Å². The van der Waals surface area contributed by atoms with E-state index in [9.17, 15) is 4.79 Å². The molecule has 2 aromatic heterocycles. The van der Waals surface area contributed by atoms with Gasteiger partial charge in [0.25, 0.3) is 5.91 Å². The first kappa shape index (κ1) is 15.4. The lowest BCUT2D eigenvalue weighted by molar-refractivity contribution is -0.121. The molecular formula is C16H17N5OS. The number of benzene rings is 1. The van der Waals surface area contributed by atoms with Gasteiger partial charge >= 0.3 is 0 Å². The third kappa shape index (κ3) is 3.46. The predicted octanol–water partition coefficient (Wildman–Crippen LogP) is 2.07. The zero-order valence-corrected chi connectivity index (χ0v) is 13.7. The fourth-order valence-corrected chi connectivity index (χ4v) is 2.94. The fourth-order valence-electron chi connectivity index (χ4n) is 2.22. The van der Waals surface area contributed by atoms with E-state index in [0.717, 1.165) is 21.9 Å². The first-order valence-corrected chi connectivity index (χ1v) is 8.00. The van der Waals surface area contributed by atoms with Crippen molar-refractivity contribution in [3.05, 3.63) is 47.6 Å². The Bertz CT molecular complexity index is 835. The van der Waals surface area contributed by atoms with Gasteiger partial charge in [-0.15, -0.1) is 11.3 Å². The van der Waals surface area contributed by atoms with Crippen LogP contribution in [0, 0.1) is 0 Å². The highest BCUT2D eigenvalue weighted by molar-refractivity contribution is 7.15. The predicted molar refractivity (Wildman–Crippen MR) is 92.8 cm³/mol. The maximum atomic E-state index is 11.7. The number of hydrazone groups is 1. The lowest BCUT2D eigenvalue weighted by Crippen LogP contribution is -2.30. The summed E-state index contributed by atoms with van der Waals surface area (Å²) in [6.45, 7) is 0.295. The van der Waals surface area contributed by atoms with Crippen molar-refractivity contribution in [2.45, 2.75) is 0 Å². The molecule has 2 heterocycles. The molecule has 3 aromatic rings. The smallest absolute Gasteiger partial charge is 0.254 e. The molecule has 1 aromatic carbocycles. The van der Waals surface area contributed by atoms with E-state index in [1.54, 1.807) is 22.5 Å². The van der Waals surface area contributed by atoms with Gasteiger partial charge in [0.1, 0.15) is 0 Å². The molecule has 0 aliphatic carbocycles. The molecule has 0 fully saturated rings. The van der Waals surface area contributed by atoms with Gasteiger partial charge in [0.05, 0.1) is 24.1 Å². The van der Waals surface area contributed by atoms with Crippen LogP contribution in [-0.4, -0.2) is 47.0 Å². The molecule has 0 unspecified atom stereocenters. The Morgan fingerprint density at radius 3 is 2.91 bits per heavy atom. The summed E-state index contributed by atoms with van der Waals surface area (Å²) in [6.07, 6.45) is 3.59. The molecule has 0 bridgehead atoms. The Morgan fingerprint density at radius 2 is 2.17 bits per heavy atom. The van der Waals surface area contributed by atoms with Gasteiger partial charge in [0.15, 0.2) is 4.96 Å². The third-order valence-corrected chi connectivity index (χ3v) is 3.94. The van der Waals surface area contributed by atoms with Crippen LogP contribution in [0.1, 0.15) is 5.69 Å². The van der Waals surface area contributed by atoms with E-state index in [4.69, 9.17) is 0 Å². The second-order valence-electron chi connectivity index (χ2n) is 5.30. The molecule has 0 atom stereocenters. The van der Waals surface area contributed by atoms with Crippen LogP contribution in [-0.2, 0) is 4.79 Å². The highest BCUT2D eigenvalue weighted by atomic mass is 32.1. The number of fused-ring (bicyclic) bond motifs is 1. The number of nitrogens with one attached hydrogen (secondary N) is 1. The molecule has 0 aliphatic rings. The number of imidazole rings is 1. The topological polar surface area (TPSA) is 62.0 Å². The van der Waals surface area contributed by atoms with Crippen LogP contribution >= 0.6 is 11.3 Å². The summed E-state index contributed by atoms with van der Waals surface area (Å²) in [5.41, 5.74) is 5.25. The van der Waals surface area contributed by atoms with Crippen molar-refractivity contribution in [1.82, 2.24) is 19.7 Å². The monoisotopic (exact) mass is 327 g/mol. The minimum absolute atomic E-state index is 0.154. The molecular weight excluding hydrogens is 310 g/mol. The lowest BCUT2D eigenvalue weighted by Gasteiger charge is -2.06. The van der Waals surface area contributed by atoms with E-state index in [1.807, 2.05) is 60.4 Å². The van der Waals surface area contributed by atoms with Gasteiger partial charge in [-0.1, -0.05) is 30.3 Å². The normalized spacial score (nSPS) is 11.6. The van der Waals surface area contributed by atoms with E-state index < -0.39 is 0 Å². The number of carbonyl (C=O) groups is 1. The Balaban J connectivity index is 1.90. The molecule has 1 N–H and O–H groups in total. The molecule has 0 saturated heterocycles. The minimum atomic E-state index is -0.154. The molecule has 0 saturated carbocycles. The van der Waals surface area contributed by atoms with Crippen LogP contribution in [0.3, 0.4) is 0 Å². The van der Waals surface area contributed by atoms with Gasteiger partial charge in [-0.05, 0) is 14.1 Å². The lowest BCUT2D eigenvalue weighted by atomic mass is 10.1. The number of aromatic nitrogens is 2. The van der Waals surface area contributed by atoms with E-state index in [-0.39, 0.29) is 5.91 Å². The highest BCUT2D eigenvalue weighted by Gasteiger charge is 2.13. The van der Waals surface area contributed by atoms with Crippen LogP contribution in [0.15, 0.2) is 47.0 Å². The second kappa shape index (κ2) is 6.72. The number of carbonyl (C=O) groups excluding carboxylic acids is 1. The number of hydrogen-bond donors (Lipinski definition) is 1. The first-order chi connectivity index (χ1) is 11.1. The zero-order valence-electron chi connectivity index (χ0n) is 12.9. The number of hydrogen-bond acceptors (Lipinski definition) is 5. The Kier molecular flexibility index (Phi) is 4.50.